The summed E-state index contributed by atoms with van der Waals surface area (Å²) in [4.78, 5) is 9.89. The molecule has 0 saturated heterocycles. The molecule has 0 saturated carbocycles. The summed E-state index contributed by atoms with van der Waals surface area (Å²) in [6.07, 6.45) is 4.79. The van der Waals surface area contributed by atoms with Gasteiger partial charge in [0.15, 0.2) is 0 Å². The monoisotopic (exact) mass is 216 g/mol. The summed E-state index contributed by atoms with van der Waals surface area (Å²) in [7, 11) is 0. The maximum Gasteiger partial charge on any atom is 0.272 e. The molecule has 1 rings (SSSR count). The topological polar surface area (TPSA) is 69.2 Å². The van der Waals surface area contributed by atoms with Gasteiger partial charge in [0.25, 0.3) is 5.70 Å². The van der Waals surface area contributed by atoms with Gasteiger partial charge >= 0.3 is 0 Å². The van der Waals surface area contributed by atoms with Crippen molar-refractivity contribution in [3.8, 4) is 0 Å². The van der Waals surface area contributed by atoms with Crippen molar-refractivity contribution in [2.24, 2.45) is 5.73 Å². The van der Waals surface area contributed by atoms with Gasteiger partial charge < -0.3 is 5.73 Å². The highest BCUT2D eigenvalue weighted by Crippen LogP contribution is 2.17. The van der Waals surface area contributed by atoms with Crippen LogP contribution < -0.4 is 5.73 Å². The van der Waals surface area contributed by atoms with E-state index in [0.29, 0.717) is 5.03 Å². The minimum atomic E-state index is -0.494. The van der Waals surface area contributed by atoms with Crippen LogP contribution in [-0.2, 0) is 0 Å². The highest BCUT2D eigenvalue weighted by Gasteiger charge is 2.14. The Hall–Kier alpha value is -1.29. The second-order valence-electron chi connectivity index (χ2n) is 2.29. The molecule has 0 unspecified atom stereocenters. The lowest BCUT2D eigenvalue weighted by atomic mass is 10.3. The second-order valence-corrected chi connectivity index (χ2v) is 2.73. The summed E-state index contributed by atoms with van der Waals surface area (Å²) in [6, 6.07) is 0. The van der Waals surface area contributed by atoms with Crippen molar-refractivity contribution in [1.29, 1.82) is 0 Å². The third kappa shape index (κ3) is 3.62. The van der Waals surface area contributed by atoms with Crippen molar-refractivity contribution in [3.63, 3.8) is 0 Å². The minimum Gasteiger partial charge on any atom is -0.393 e. The smallest absolute Gasteiger partial charge is 0.272 e. The molecule has 0 radical (unpaired) electrons. The van der Waals surface area contributed by atoms with Gasteiger partial charge in [-0.05, 0) is 12.2 Å². The first-order valence-electron chi connectivity index (χ1n) is 4.28. The number of allylic oxidation sites excluding steroid dienone is 4. The fraction of sp³-hybridized carbons (Fsp3) is 0.333. The van der Waals surface area contributed by atoms with E-state index in [9.17, 15) is 10.1 Å². The number of nitrogens with two attached hydrogens (primary N) is 1. The van der Waals surface area contributed by atoms with Gasteiger partial charge in [-0.25, -0.2) is 0 Å². The van der Waals surface area contributed by atoms with E-state index >= 15 is 0 Å². The molecule has 2 N–H and O–H groups in total. The Morgan fingerprint density at radius 2 is 2.14 bits per heavy atom. The number of nitro groups is 1. The highest BCUT2D eigenvalue weighted by atomic mass is 35.5. The number of hydrogen-bond donors (Lipinski definition) is 1. The first kappa shape index (κ1) is 12.7. The van der Waals surface area contributed by atoms with E-state index in [0.717, 1.165) is 0 Å². The van der Waals surface area contributed by atoms with E-state index < -0.39 is 4.92 Å². The zero-order chi connectivity index (χ0) is 11.1. The third-order valence-corrected chi connectivity index (χ3v) is 1.67. The molecule has 0 aromatic heterocycles. The molecule has 0 fully saturated rings. The van der Waals surface area contributed by atoms with E-state index in [4.69, 9.17) is 17.3 Å². The Bertz CT molecular complexity index is 306. The Morgan fingerprint density at radius 3 is 2.64 bits per heavy atom. The summed E-state index contributed by atoms with van der Waals surface area (Å²) in [5, 5.41) is 10.8. The normalized spacial score (nSPS) is 15.2. The largest absolute Gasteiger partial charge is 0.393 e. The van der Waals surface area contributed by atoms with E-state index in [-0.39, 0.29) is 17.8 Å². The summed E-state index contributed by atoms with van der Waals surface area (Å²) in [5.41, 5.74) is 5.52. The first-order valence-corrected chi connectivity index (χ1v) is 4.66. The summed E-state index contributed by atoms with van der Waals surface area (Å²) in [5.74, 6) is 0. The van der Waals surface area contributed by atoms with Gasteiger partial charge in [0.05, 0.1) is 11.3 Å². The van der Waals surface area contributed by atoms with Crippen molar-refractivity contribution >= 4 is 11.6 Å². The zero-order valence-corrected chi connectivity index (χ0v) is 8.91. The lowest BCUT2D eigenvalue weighted by Crippen LogP contribution is -2.06. The molecule has 5 heteroatoms. The molecule has 0 heterocycles. The molecule has 1 aliphatic rings. The predicted octanol–water partition coefficient (Wildman–Crippen LogP) is 2.54. The van der Waals surface area contributed by atoms with Crippen LogP contribution in [0.15, 0.2) is 34.7 Å². The van der Waals surface area contributed by atoms with Crippen LogP contribution in [0, 0.1) is 10.1 Å². The van der Waals surface area contributed by atoms with Gasteiger partial charge in [-0.1, -0.05) is 31.5 Å². The van der Waals surface area contributed by atoms with Gasteiger partial charge in [0.2, 0.25) is 0 Å². The van der Waals surface area contributed by atoms with Crippen LogP contribution in [0.2, 0.25) is 0 Å². The highest BCUT2D eigenvalue weighted by molar-refractivity contribution is 6.31. The Labute approximate surface area is 87.9 Å². The molecule has 0 spiro atoms. The van der Waals surface area contributed by atoms with Crippen LogP contribution in [0.5, 0.6) is 0 Å². The molecule has 0 aromatic carbocycles. The van der Waals surface area contributed by atoms with Crippen molar-refractivity contribution in [2.75, 3.05) is 0 Å². The molecule has 14 heavy (non-hydrogen) atoms. The third-order valence-electron chi connectivity index (χ3n) is 1.44. The summed E-state index contributed by atoms with van der Waals surface area (Å²) in [6.45, 7) is 4.00. The first-order chi connectivity index (χ1) is 6.61. The lowest BCUT2D eigenvalue weighted by Gasteiger charge is -1.94. The quantitative estimate of drug-likeness (QED) is 0.541. The molecular weight excluding hydrogens is 204 g/mol. The molecule has 0 aliphatic heterocycles. The molecule has 1 aliphatic carbocycles. The van der Waals surface area contributed by atoms with E-state index in [2.05, 4.69) is 0 Å². The van der Waals surface area contributed by atoms with Crippen LogP contribution in [0.25, 0.3) is 0 Å². The molecule has 4 nitrogen and oxygen atoms in total. The molecule has 0 atom stereocenters. The average molecular weight is 217 g/mol. The number of hydrogen-bond acceptors (Lipinski definition) is 3. The molecule has 0 bridgehead atoms. The lowest BCUT2D eigenvalue weighted by molar-refractivity contribution is -0.427. The summed E-state index contributed by atoms with van der Waals surface area (Å²) < 4.78 is 0. The number of halogens is 1. The Kier molecular flexibility index (Phi) is 5.64. The molecular formula is C9H13ClN2O2. The average Bonchev–Trinajstić information content (AvgIpc) is 2.30. The van der Waals surface area contributed by atoms with Gasteiger partial charge in [-0.3, -0.25) is 10.1 Å². The SMILES string of the molecule is CC.NC1=C([N+](=O)[O-])CC=CC(Cl)=C1. The van der Waals surface area contributed by atoms with Gasteiger partial charge in [0, 0.05) is 5.03 Å². The van der Waals surface area contributed by atoms with E-state index in [1.165, 1.54) is 6.08 Å². The van der Waals surface area contributed by atoms with Crippen LogP contribution in [-0.4, -0.2) is 4.92 Å². The molecule has 0 aromatic rings. The molecule has 0 amide bonds. The number of rotatable bonds is 1. The maximum atomic E-state index is 10.4. The fourth-order valence-corrected chi connectivity index (χ4v) is 1.07. The van der Waals surface area contributed by atoms with Crippen LogP contribution in [0.3, 0.4) is 0 Å². The summed E-state index contributed by atoms with van der Waals surface area (Å²) >= 11 is 5.62. The van der Waals surface area contributed by atoms with E-state index in [1.807, 2.05) is 13.8 Å². The Morgan fingerprint density at radius 1 is 1.57 bits per heavy atom. The maximum absolute atomic E-state index is 10.4. The minimum absolute atomic E-state index is 0.0121. The van der Waals surface area contributed by atoms with Crippen molar-refractivity contribution < 1.29 is 4.92 Å². The standard InChI is InChI=1S/C7H7ClN2O2.C2H6/c8-5-2-1-3-7(10(11)12)6(9)4-5;1-2/h1-2,4H,3,9H2;1-2H3. The van der Waals surface area contributed by atoms with Crippen molar-refractivity contribution in [1.82, 2.24) is 0 Å². The van der Waals surface area contributed by atoms with Crippen LogP contribution in [0.4, 0.5) is 0 Å². The van der Waals surface area contributed by atoms with Gasteiger partial charge in [-0.2, -0.15) is 0 Å². The van der Waals surface area contributed by atoms with Gasteiger partial charge in [0.1, 0.15) is 5.70 Å². The van der Waals surface area contributed by atoms with E-state index in [1.54, 1.807) is 12.2 Å². The van der Waals surface area contributed by atoms with Crippen LogP contribution >= 0.6 is 11.6 Å². The second kappa shape index (κ2) is 6.21. The molecule has 78 valence electrons. The van der Waals surface area contributed by atoms with Crippen molar-refractivity contribution in [3.05, 3.63) is 44.8 Å². The van der Waals surface area contributed by atoms with Gasteiger partial charge in [-0.15, -0.1) is 0 Å². The predicted molar refractivity (Wildman–Crippen MR) is 57.2 cm³/mol. The fourth-order valence-electron chi connectivity index (χ4n) is 0.861. The van der Waals surface area contributed by atoms with Crippen molar-refractivity contribution in [2.45, 2.75) is 20.3 Å². The number of nitrogens with zero attached hydrogens (tertiary/aromatic N) is 1. The zero-order valence-electron chi connectivity index (χ0n) is 8.16. The van der Waals surface area contributed by atoms with Crippen LogP contribution in [0.1, 0.15) is 20.3 Å². The Balaban J connectivity index is 0.000000791.